The van der Waals surface area contributed by atoms with Crippen LogP contribution in [0.4, 0.5) is 10.1 Å². The lowest BCUT2D eigenvalue weighted by Crippen LogP contribution is -2.43. The molecule has 3 nitrogen and oxygen atoms in total. The number of nitrogens with one attached hydrogen (secondary N) is 1. The summed E-state index contributed by atoms with van der Waals surface area (Å²) in [6.07, 6.45) is 3.73. The standard InChI is InChI=1S/C15H15FN2O/c1-11-7-9-18(10-8-11)12(2)15(19)17-14-5-3-13(16)4-6-14/h3-10,12H,1-2H3/p+1/t12-/m1/s1. The average molecular weight is 259 g/mol. The number of anilines is 1. The molecule has 1 aromatic carbocycles. The first-order valence-electron chi connectivity index (χ1n) is 6.10. The molecule has 1 amide bonds. The van der Waals surface area contributed by atoms with E-state index in [1.54, 1.807) is 12.1 Å². The second kappa shape index (κ2) is 5.61. The molecule has 0 saturated heterocycles. The van der Waals surface area contributed by atoms with Crippen molar-refractivity contribution < 1.29 is 13.8 Å². The highest BCUT2D eigenvalue weighted by Crippen LogP contribution is 2.10. The third kappa shape index (κ3) is 3.37. The van der Waals surface area contributed by atoms with Crippen LogP contribution in [0.2, 0.25) is 0 Å². The number of aromatic nitrogens is 1. The van der Waals surface area contributed by atoms with Gasteiger partial charge in [0.25, 0.3) is 5.91 Å². The van der Waals surface area contributed by atoms with Crippen molar-refractivity contribution in [2.24, 2.45) is 0 Å². The molecule has 98 valence electrons. The van der Waals surface area contributed by atoms with E-state index in [9.17, 15) is 9.18 Å². The van der Waals surface area contributed by atoms with Crippen molar-refractivity contribution in [2.75, 3.05) is 5.32 Å². The highest BCUT2D eigenvalue weighted by Gasteiger charge is 2.21. The Hall–Kier alpha value is -2.23. The molecule has 2 rings (SSSR count). The van der Waals surface area contributed by atoms with Gasteiger partial charge in [-0.25, -0.2) is 4.39 Å². The number of amides is 1. The molecule has 0 fully saturated rings. The van der Waals surface area contributed by atoms with Crippen LogP contribution in [0.15, 0.2) is 48.8 Å². The molecular formula is C15H16FN2O+. The van der Waals surface area contributed by atoms with Gasteiger partial charge in [-0.1, -0.05) is 0 Å². The average Bonchev–Trinajstić information content (AvgIpc) is 2.41. The molecule has 0 aliphatic heterocycles. The van der Waals surface area contributed by atoms with Crippen LogP contribution in [-0.2, 0) is 4.79 Å². The molecule has 0 aliphatic rings. The van der Waals surface area contributed by atoms with Gasteiger partial charge in [-0.2, -0.15) is 4.57 Å². The molecule has 0 spiro atoms. The fourth-order valence-electron chi connectivity index (χ4n) is 1.69. The summed E-state index contributed by atoms with van der Waals surface area (Å²) >= 11 is 0. The monoisotopic (exact) mass is 259 g/mol. The SMILES string of the molecule is Cc1cc[n+]([C@H](C)C(=O)Nc2ccc(F)cc2)cc1. The lowest BCUT2D eigenvalue weighted by atomic mass is 10.2. The summed E-state index contributed by atoms with van der Waals surface area (Å²) in [5.74, 6) is -0.459. The third-order valence-corrected chi connectivity index (χ3v) is 2.96. The first-order chi connectivity index (χ1) is 9.06. The second-order valence-corrected chi connectivity index (χ2v) is 4.49. The molecule has 1 aromatic heterocycles. The summed E-state index contributed by atoms with van der Waals surface area (Å²) in [5, 5.41) is 2.76. The number of benzene rings is 1. The topological polar surface area (TPSA) is 33.0 Å². The van der Waals surface area contributed by atoms with Gasteiger partial charge in [-0.3, -0.25) is 4.79 Å². The van der Waals surface area contributed by atoms with Crippen LogP contribution < -0.4 is 9.88 Å². The Balaban J connectivity index is 2.07. The summed E-state index contributed by atoms with van der Waals surface area (Å²) in [5.41, 5.74) is 1.73. The molecule has 0 unspecified atom stereocenters. The van der Waals surface area contributed by atoms with Crippen LogP contribution in [0.5, 0.6) is 0 Å². The van der Waals surface area contributed by atoms with E-state index < -0.39 is 0 Å². The molecule has 1 N–H and O–H groups in total. The number of carbonyl (C=O) groups excluding carboxylic acids is 1. The molecular weight excluding hydrogens is 243 g/mol. The number of nitrogens with zero attached hydrogens (tertiary/aromatic N) is 1. The van der Waals surface area contributed by atoms with Crippen molar-refractivity contribution >= 4 is 11.6 Å². The largest absolute Gasteiger partial charge is 0.320 e. The maximum absolute atomic E-state index is 12.8. The first kappa shape index (κ1) is 13.2. The number of rotatable bonds is 3. The fraction of sp³-hybridized carbons (Fsp3) is 0.200. The zero-order valence-electron chi connectivity index (χ0n) is 10.9. The maximum Gasteiger partial charge on any atom is 0.293 e. The van der Waals surface area contributed by atoms with E-state index in [-0.39, 0.29) is 17.8 Å². The third-order valence-electron chi connectivity index (χ3n) is 2.96. The highest BCUT2D eigenvalue weighted by atomic mass is 19.1. The summed E-state index contributed by atoms with van der Waals surface area (Å²) in [7, 11) is 0. The van der Waals surface area contributed by atoms with Gasteiger partial charge in [0.15, 0.2) is 12.4 Å². The van der Waals surface area contributed by atoms with Crippen LogP contribution >= 0.6 is 0 Å². The second-order valence-electron chi connectivity index (χ2n) is 4.49. The van der Waals surface area contributed by atoms with E-state index in [1.807, 2.05) is 42.9 Å². The molecule has 0 aliphatic carbocycles. The molecule has 4 heteroatoms. The van der Waals surface area contributed by atoms with Crippen molar-refractivity contribution in [1.29, 1.82) is 0 Å². The van der Waals surface area contributed by atoms with E-state index in [4.69, 9.17) is 0 Å². The normalized spacial score (nSPS) is 11.9. The smallest absolute Gasteiger partial charge is 0.293 e. The van der Waals surface area contributed by atoms with Gasteiger partial charge < -0.3 is 5.32 Å². The van der Waals surface area contributed by atoms with Crippen molar-refractivity contribution in [3.05, 3.63) is 60.2 Å². The summed E-state index contributed by atoms with van der Waals surface area (Å²) < 4.78 is 14.6. The lowest BCUT2D eigenvalue weighted by molar-refractivity contribution is -0.705. The summed E-state index contributed by atoms with van der Waals surface area (Å²) in [6, 6.07) is 9.28. The zero-order chi connectivity index (χ0) is 13.8. The minimum Gasteiger partial charge on any atom is -0.320 e. The highest BCUT2D eigenvalue weighted by molar-refractivity contribution is 5.92. The van der Waals surface area contributed by atoms with Crippen molar-refractivity contribution in [3.8, 4) is 0 Å². The lowest BCUT2D eigenvalue weighted by Gasteiger charge is -2.08. The minimum atomic E-state index is -0.328. The quantitative estimate of drug-likeness (QED) is 0.844. The van der Waals surface area contributed by atoms with Gasteiger partial charge in [0.2, 0.25) is 6.04 Å². The van der Waals surface area contributed by atoms with Crippen LogP contribution in [0, 0.1) is 12.7 Å². The Bertz CT molecular complexity index is 564. The van der Waals surface area contributed by atoms with Crippen molar-refractivity contribution in [3.63, 3.8) is 0 Å². The van der Waals surface area contributed by atoms with E-state index >= 15 is 0 Å². The first-order valence-corrected chi connectivity index (χ1v) is 6.10. The summed E-state index contributed by atoms with van der Waals surface area (Å²) in [6.45, 7) is 3.81. The van der Waals surface area contributed by atoms with Crippen LogP contribution in [0.25, 0.3) is 0 Å². The van der Waals surface area contributed by atoms with E-state index in [0.717, 1.165) is 5.56 Å². The van der Waals surface area contributed by atoms with Crippen molar-refractivity contribution in [1.82, 2.24) is 0 Å². The predicted octanol–water partition coefficient (Wildman–Crippen LogP) is 2.62. The van der Waals surface area contributed by atoms with Crippen LogP contribution in [0.3, 0.4) is 0 Å². The van der Waals surface area contributed by atoms with E-state index in [0.29, 0.717) is 5.69 Å². The Kier molecular flexibility index (Phi) is 3.90. The van der Waals surface area contributed by atoms with E-state index in [1.165, 1.54) is 12.1 Å². The van der Waals surface area contributed by atoms with Gasteiger partial charge in [0.05, 0.1) is 0 Å². The number of pyridine rings is 1. The number of hydrogen-bond acceptors (Lipinski definition) is 1. The fourth-order valence-corrected chi connectivity index (χ4v) is 1.69. The van der Waals surface area contributed by atoms with Crippen LogP contribution in [0.1, 0.15) is 18.5 Å². The molecule has 1 atom stereocenters. The minimum absolute atomic E-state index is 0.138. The number of aryl methyl sites for hydroxylation is 1. The zero-order valence-corrected chi connectivity index (χ0v) is 10.9. The van der Waals surface area contributed by atoms with Gasteiger partial charge in [-0.15, -0.1) is 0 Å². The molecule has 1 heterocycles. The molecule has 19 heavy (non-hydrogen) atoms. The molecule has 0 radical (unpaired) electrons. The Morgan fingerprint density at radius 1 is 1.16 bits per heavy atom. The van der Waals surface area contributed by atoms with Gasteiger partial charge in [0.1, 0.15) is 5.82 Å². The molecule has 2 aromatic rings. The number of halogens is 1. The Morgan fingerprint density at radius 2 is 1.74 bits per heavy atom. The van der Waals surface area contributed by atoms with Gasteiger partial charge in [-0.05, 0) is 36.8 Å². The van der Waals surface area contributed by atoms with E-state index in [2.05, 4.69) is 5.32 Å². The molecule has 0 saturated carbocycles. The maximum atomic E-state index is 12.8. The number of carbonyl (C=O) groups is 1. The van der Waals surface area contributed by atoms with Gasteiger partial charge >= 0.3 is 0 Å². The van der Waals surface area contributed by atoms with Crippen molar-refractivity contribution in [2.45, 2.75) is 19.9 Å². The molecule has 0 bridgehead atoms. The number of hydrogen-bond donors (Lipinski definition) is 1. The van der Waals surface area contributed by atoms with Crippen LogP contribution in [-0.4, -0.2) is 5.91 Å². The summed E-state index contributed by atoms with van der Waals surface area (Å²) in [4.78, 5) is 12.1. The van der Waals surface area contributed by atoms with Gasteiger partial charge in [0, 0.05) is 24.7 Å². The Labute approximate surface area is 111 Å². The predicted molar refractivity (Wildman–Crippen MR) is 71.1 cm³/mol. The Morgan fingerprint density at radius 3 is 2.32 bits per heavy atom.